The number of amides is 2. The molecule has 0 aromatic carbocycles. The van der Waals surface area contributed by atoms with E-state index >= 15 is 0 Å². The summed E-state index contributed by atoms with van der Waals surface area (Å²) in [7, 11) is 0. The van der Waals surface area contributed by atoms with Gasteiger partial charge in [-0.25, -0.2) is 9.67 Å². The first-order valence-corrected chi connectivity index (χ1v) is 7.33. The van der Waals surface area contributed by atoms with Gasteiger partial charge in [-0.3, -0.25) is 9.59 Å². The fraction of sp³-hybridized carbons (Fsp3) is 0.467. The summed E-state index contributed by atoms with van der Waals surface area (Å²) >= 11 is 0. The predicted molar refractivity (Wildman–Crippen MR) is 83.7 cm³/mol. The van der Waals surface area contributed by atoms with Crippen LogP contribution in [0.1, 0.15) is 42.9 Å². The molecule has 0 bridgehead atoms. The molecule has 0 unspecified atom stereocenters. The highest BCUT2D eigenvalue weighted by Crippen LogP contribution is 2.20. The number of nitrogens with one attached hydrogen (secondary N) is 2. The van der Waals surface area contributed by atoms with Crippen LogP contribution in [0.5, 0.6) is 0 Å². The van der Waals surface area contributed by atoms with E-state index in [4.69, 9.17) is 0 Å². The summed E-state index contributed by atoms with van der Waals surface area (Å²) in [6.07, 6.45) is 1.64. The highest BCUT2D eigenvalue weighted by molar-refractivity contribution is 6.06. The lowest BCUT2D eigenvalue weighted by atomic mass is 10.1. The van der Waals surface area contributed by atoms with Gasteiger partial charge in [0.2, 0.25) is 5.91 Å². The van der Waals surface area contributed by atoms with Gasteiger partial charge in [-0.05, 0) is 33.8 Å². The lowest BCUT2D eigenvalue weighted by Crippen LogP contribution is -2.36. The maximum absolute atomic E-state index is 12.3. The minimum absolute atomic E-state index is 0.0478. The smallest absolute Gasteiger partial charge is 0.252 e. The lowest BCUT2D eigenvalue weighted by molar-refractivity contribution is -0.120. The molecule has 2 amide bonds. The van der Waals surface area contributed by atoms with Crippen molar-refractivity contribution in [3.05, 3.63) is 23.5 Å². The van der Waals surface area contributed by atoms with Crippen LogP contribution in [0.4, 0.5) is 0 Å². The van der Waals surface area contributed by atoms with Crippen LogP contribution < -0.4 is 10.6 Å². The molecule has 0 spiro atoms. The molecule has 0 radical (unpaired) electrons. The Labute approximate surface area is 129 Å². The average Bonchev–Trinajstić information content (AvgIpc) is 2.87. The van der Waals surface area contributed by atoms with Gasteiger partial charge in [0.05, 0.1) is 23.7 Å². The number of carbonyl (C=O) groups excluding carboxylic acids is 2. The molecule has 2 N–H and O–H groups in total. The SMILES string of the molecule is CCNC(=O)CNC(=O)c1cc(C)nc2c1cnn2C(C)C. The average molecular weight is 303 g/mol. The highest BCUT2D eigenvalue weighted by atomic mass is 16.2. The molecule has 0 aliphatic carbocycles. The van der Waals surface area contributed by atoms with Crippen LogP contribution >= 0.6 is 0 Å². The van der Waals surface area contributed by atoms with Gasteiger partial charge in [-0.2, -0.15) is 5.10 Å². The molecule has 2 aromatic rings. The minimum atomic E-state index is -0.301. The molecular formula is C15H21N5O2. The summed E-state index contributed by atoms with van der Waals surface area (Å²) in [5, 5.41) is 10.2. The highest BCUT2D eigenvalue weighted by Gasteiger charge is 2.17. The van der Waals surface area contributed by atoms with Crippen molar-refractivity contribution in [2.45, 2.75) is 33.7 Å². The fourth-order valence-electron chi connectivity index (χ4n) is 2.22. The van der Waals surface area contributed by atoms with Gasteiger partial charge in [-0.1, -0.05) is 0 Å². The van der Waals surface area contributed by atoms with E-state index in [-0.39, 0.29) is 24.4 Å². The third-order valence-corrected chi connectivity index (χ3v) is 3.21. The second-order valence-corrected chi connectivity index (χ2v) is 5.37. The number of hydrogen-bond donors (Lipinski definition) is 2. The van der Waals surface area contributed by atoms with Crippen LogP contribution in [0, 0.1) is 6.92 Å². The number of fused-ring (bicyclic) bond motifs is 1. The second kappa shape index (κ2) is 6.55. The molecule has 2 aromatic heterocycles. The van der Waals surface area contributed by atoms with Gasteiger partial charge < -0.3 is 10.6 Å². The number of likely N-dealkylation sites (N-methyl/N-ethyl adjacent to an activating group) is 1. The molecule has 2 heterocycles. The summed E-state index contributed by atoms with van der Waals surface area (Å²) in [4.78, 5) is 28.3. The molecule has 2 rings (SSSR count). The first-order chi connectivity index (χ1) is 10.4. The zero-order valence-corrected chi connectivity index (χ0v) is 13.3. The molecule has 0 aliphatic heterocycles. The molecule has 118 valence electrons. The Morgan fingerprint density at radius 1 is 1.32 bits per heavy atom. The van der Waals surface area contributed by atoms with Crippen LogP contribution in [0.25, 0.3) is 11.0 Å². The van der Waals surface area contributed by atoms with Crippen LogP contribution in [0.2, 0.25) is 0 Å². The van der Waals surface area contributed by atoms with E-state index in [2.05, 4.69) is 20.7 Å². The Morgan fingerprint density at radius 2 is 2.05 bits per heavy atom. The topological polar surface area (TPSA) is 88.9 Å². The molecule has 0 saturated heterocycles. The molecule has 7 nitrogen and oxygen atoms in total. The summed E-state index contributed by atoms with van der Waals surface area (Å²) in [5.74, 6) is -0.513. The first-order valence-electron chi connectivity index (χ1n) is 7.33. The van der Waals surface area contributed by atoms with Crippen molar-refractivity contribution >= 4 is 22.8 Å². The molecule has 22 heavy (non-hydrogen) atoms. The van der Waals surface area contributed by atoms with Crippen molar-refractivity contribution in [3.8, 4) is 0 Å². The number of rotatable bonds is 5. The Kier molecular flexibility index (Phi) is 4.75. The number of hydrogen-bond acceptors (Lipinski definition) is 4. The van der Waals surface area contributed by atoms with E-state index < -0.39 is 0 Å². The first kappa shape index (κ1) is 15.9. The van der Waals surface area contributed by atoms with Crippen molar-refractivity contribution in [1.82, 2.24) is 25.4 Å². The Morgan fingerprint density at radius 3 is 2.68 bits per heavy atom. The zero-order chi connectivity index (χ0) is 16.3. The maximum Gasteiger partial charge on any atom is 0.252 e. The number of aryl methyl sites for hydroxylation is 1. The van der Waals surface area contributed by atoms with Crippen molar-refractivity contribution in [3.63, 3.8) is 0 Å². The minimum Gasteiger partial charge on any atom is -0.355 e. The quantitative estimate of drug-likeness (QED) is 0.868. The van der Waals surface area contributed by atoms with Crippen LogP contribution in [-0.2, 0) is 4.79 Å². The monoisotopic (exact) mass is 303 g/mol. The molecule has 0 fully saturated rings. The molecule has 0 saturated carbocycles. The van der Waals surface area contributed by atoms with Gasteiger partial charge >= 0.3 is 0 Å². The summed E-state index contributed by atoms with van der Waals surface area (Å²) < 4.78 is 1.78. The van der Waals surface area contributed by atoms with Crippen LogP contribution in [0.3, 0.4) is 0 Å². The molecule has 0 aliphatic rings. The third kappa shape index (κ3) is 3.24. The van der Waals surface area contributed by atoms with E-state index in [1.165, 1.54) is 0 Å². The van der Waals surface area contributed by atoms with Gasteiger partial charge in [-0.15, -0.1) is 0 Å². The van der Waals surface area contributed by atoms with Crippen molar-refractivity contribution < 1.29 is 9.59 Å². The van der Waals surface area contributed by atoms with Crippen molar-refractivity contribution in [2.24, 2.45) is 0 Å². The van der Waals surface area contributed by atoms with E-state index in [1.54, 1.807) is 16.9 Å². The summed E-state index contributed by atoms with van der Waals surface area (Å²) in [6, 6.07) is 1.86. The van der Waals surface area contributed by atoms with Gasteiger partial charge in [0.15, 0.2) is 5.65 Å². The van der Waals surface area contributed by atoms with Gasteiger partial charge in [0.1, 0.15) is 0 Å². The number of pyridine rings is 1. The second-order valence-electron chi connectivity index (χ2n) is 5.37. The Balaban J connectivity index is 2.31. The zero-order valence-electron chi connectivity index (χ0n) is 13.3. The van der Waals surface area contributed by atoms with Crippen molar-refractivity contribution in [2.75, 3.05) is 13.1 Å². The molecular weight excluding hydrogens is 282 g/mol. The predicted octanol–water partition coefficient (Wildman–Crippen LogP) is 1.19. The number of nitrogens with zero attached hydrogens (tertiary/aromatic N) is 3. The van der Waals surface area contributed by atoms with E-state index in [9.17, 15) is 9.59 Å². The standard InChI is InChI=1S/C15H21N5O2/c1-5-16-13(21)8-17-15(22)11-6-10(4)19-14-12(11)7-18-20(14)9(2)3/h6-7,9H,5,8H2,1-4H3,(H,16,21)(H,17,22). The maximum atomic E-state index is 12.3. The van der Waals surface area contributed by atoms with Gasteiger partial charge in [0, 0.05) is 18.3 Å². The largest absolute Gasteiger partial charge is 0.355 e. The summed E-state index contributed by atoms with van der Waals surface area (Å²) in [5.41, 5.74) is 1.90. The Hall–Kier alpha value is -2.44. The molecule has 0 atom stereocenters. The third-order valence-electron chi connectivity index (χ3n) is 3.21. The normalized spacial score (nSPS) is 11.0. The number of carbonyl (C=O) groups is 2. The van der Waals surface area contributed by atoms with Crippen LogP contribution in [0.15, 0.2) is 12.3 Å². The lowest BCUT2D eigenvalue weighted by Gasteiger charge is -2.09. The van der Waals surface area contributed by atoms with E-state index in [0.29, 0.717) is 23.1 Å². The fourth-order valence-corrected chi connectivity index (χ4v) is 2.22. The van der Waals surface area contributed by atoms with Crippen molar-refractivity contribution in [1.29, 1.82) is 0 Å². The van der Waals surface area contributed by atoms with Crippen LogP contribution in [-0.4, -0.2) is 39.7 Å². The van der Waals surface area contributed by atoms with E-state index in [1.807, 2.05) is 27.7 Å². The van der Waals surface area contributed by atoms with E-state index in [0.717, 1.165) is 5.69 Å². The van der Waals surface area contributed by atoms with Gasteiger partial charge in [0.25, 0.3) is 5.91 Å². The number of aromatic nitrogens is 3. The summed E-state index contributed by atoms with van der Waals surface area (Å²) in [6.45, 7) is 8.16. The molecule has 7 heteroatoms. The Bertz CT molecular complexity index is 705.